The van der Waals surface area contributed by atoms with Crippen LogP contribution in [0.5, 0.6) is 5.75 Å². The Morgan fingerprint density at radius 1 is 1.16 bits per heavy atom. The number of benzene rings is 1. The second kappa shape index (κ2) is 10.4. The predicted molar refractivity (Wildman–Crippen MR) is 137 cm³/mol. The molecule has 0 atom stereocenters. The Morgan fingerprint density at radius 2 is 2.00 bits per heavy atom. The molecule has 0 spiro atoms. The van der Waals surface area contributed by atoms with E-state index in [4.69, 9.17) is 4.74 Å². The second-order valence-corrected chi connectivity index (χ2v) is 8.59. The Bertz CT molecular complexity index is 1420. The number of carbonyl (C=O) groups excluding carboxylic acids is 2. The summed E-state index contributed by atoms with van der Waals surface area (Å²) in [7, 11) is 1.54. The minimum absolute atomic E-state index is 0.0432. The highest BCUT2D eigenvalue weighted by Crippen LogP contribution is 2.31. The first-order chi connectivity index (χ1) is 18.1. The average molecular weight is 499 g/mol. The number of pyridine rings is 1. The van der Waals surface area contributed by atoms with Gasteiger partial charge in [-0.3, -0.25) is 14.7 Å². The van der Waals surface area contributed by atoms with Crippen molar-refractivity contribution in [2.45, 2.75) is 18.9 Å². The number of hydrogen-bond acceptors (Lipinski definition) is 7. The minimum Gasteiger partial charge on any atom is -0.495 e. The molecule has 2 N–H and O–H groups in total. The Labute approximate surface area is 213 Å². The lowest BCUT2D eigenvalue weighted by molar-refractivity contribution is -0.127. The van der Waals surface area contributed by atoms with Crippen molar-refractivity contribution in [3.05, 3.63) is 73.2 Å². The molecule has 0 radical (unpaired) electrons. The standard InChI is InChI=1S/C26H26N8O3/c1-3-25(35)33-13-10-18(11-14-33)34-16-23(31-32-34)17-7-8-21(24(15-17)37-2)29-26(36)22-6-4-5-19(28-22)20-9-12-27-30-20/h3-9,12,15-16,18H,1,10-11,13-14H2,2H3,(H,27,30)(H,29,36). The van der Waals surface area contributed by atoms with Crippen molar-refractivity contribution < 1.29 is 14.3 Å². The van der Waals surface area contributed by atoms with Crippen LogP contribution < -0.4 is 10.1 Å². The quantitative estimate of drug-likeness (QED) is 0.374. The number of nitrogens with zero attached hydrogens (tertiary/aromatic N) is 6. The molecular formula is C26H26N8O3. The van der Waals surface area contributed by atoms with Crippen molar-refractivity contribution in [3.63, 3.8) is 0 Å². The number of amides is 2. The van der Waals surface area contributed by atoms with E-state index in [1.807, 2.05) is 23.0 Å². The topological polar surface area (TPSA) is 131 Å². The van der Waals surface area contributed by atoms with Gasteiger partial charge < -0.3 is 15.0 Å². The third kappa shape index (κ3) is 5.10. The number of methoxy groups -OCH3 is 1. The summed E-state index contributed by atoms with van der Waals surface area (Å²) >= 11 is 0. The first kappa shape index (κ1) is 23.9. The van der Waals surface area contributed by atoms with Gasteiger partial charge in [0.15, 0.2) is 0 Å². The molecule has 0 aliphatic carbocycles. The Kier molecular flexibility index (Phi) is 6.75. The Balaban J connectivity index is 1.29. The van der Waals surface area contributed by atoms with Gasteiger partial charge >= 0.3 is 0 Å². The van der Waals surface area contributed by atoms with Gasteiger partial charge in [0.1, 0.15) is 17.1 Å². The fourth-order valence-corrected chi connectivity index (χ4v) is 4.32. The maximum atomic E-state index is 12.9. The van der Waals surface area contributed by atoms with Gasteiger partial charge in [0.2, 0.25) is 5.91 Å². The van der Waals surface area contributed by atoms with Crippen LogP contribution in [0.25, 0.3) is 22.6 Å². The maximum absolute atomic E-state index is 12.9. The van der Waals surface area contributed by atoms with Crippen LogP contribution in [0.3, 0.4) is 0 Å². The van der Waals surface area contributed by atoms with Gasteiger partial charge in [-0.2, -0.15) is 5.10 Å². The minimum atomic E-state index is -0.361. The summed E-state index contributed by atoms with van der Waals surface area (Å²) in [5, 5.41) is 18.3. The van der Waals surface area contributed by atoms with Crippen molar-refractivity contribution in [2.24, 2.45) is 0 Å². The summed E-state index contributed by atoms with van der Waals surface area (Å²) in [6, 6.07) is 12.6. The number of aromatic nitrogens is 6. The van der Waals surface area contributed by atoms with E-state index in [1.165, 1.54) is 6.08 Å². The van der Waals surface area contributed by atoms with Gasteiger partial charge in [-0.25, -0.2) is 9.67 Å². The van der Waals surface area contributed by atoms with Gasteiger partial charge in [-0.05, 0) is 49.2 Å². The molecule has 1 aliphatic rings. The number of anilines is 1. The molecule has 0 bridgehead atoms. The molecule has 2 amide bonds. The molecule has 4 aromatic rings. The van der Waals surface area contributed by atoms with Gasteiger partial charge in [0, 0.05) is 24.8 Å². The van der Waals surface area contributed by atoms with Crippen LogP contribution in [-0.4, -0.2) is 67.1 Å². The molecule has 1 aliphatic heterocycles. The number of nitrogens with one attached hydrogen (secondary N) is 2. The van der Waals surface area contributed by atoms with Crippen LogP contribution in [0.15, 0.2) is 67.5 Å². The van der Waals surface area contributed by atoms with Gasteiger partial charge in [0.05, 0.1) is 36.4 Å². The van der Waals surface area contributed by atoms with E-state index in [0.29, 0.717) is 35.9 Å². The zero-order valence-corrected chi connectivity index (χ0v) is 20.3. The number of ether oxygens (including phenoxy) is 1. The first-order valence-corrected chi connectivity index (χ1v) is 11.9. The van der Waals surface area contributed by atoms with E-state index < -0.39 is 0 Å². The zero-order chi connectivity index (χ0) is 25.8. The van der Waals surface area contributed by atoms with Crippen molar-refractivity contribution in [1.29, 1.82) is 0 Å². The lowest BCUT2D eigenvalue weighted by Crippen LogP contribution is -2.38. The van der Waals surface area contributed by atoms with Crippen molar-refractivity contribution in [1.82, 2.24) is 35.1 Å². The molecule has 1 fully saturated rings. The smallest absolute Gasteiger partial charge is 0.274 e. The summed E-state index contributed by atoms with van der Waals surface area (Å²) in [6.45, 7) is 4.87. The highest BCUT2D eigenvalue weighted by atomic mass is 16.5. The number of likely N-dealkylation sites (tertiary alicyclic amines) is 1. The van der Waals surface area contributed by atoms with E-state index >= 15 is 0 Å². The molecule has 37 heavy (non-hydrogen) atoms. The summed E-state index contributed by atoms with van der Waals surface area (Å²) in [4.78, 5) is 31.0. The third-order valence-corrected chi connectivity index (χ3v) is 6.34. The molecule has 0 unspecified atom stereocenters. The normalized spacial score (nSPS) is 13.8. The number of rotatable bonds is 7. The van der Waals surface area contributed by atoms with Crippen LogP contribution in [-0.2, 0) is 4.79 Å². The molecule has 3 aromatic heterocycles. The summed E-state index contributed by atoms with van der Waals surface area (Å²) in [5.74, 6) is 0.0827. The fourth-order valence-electron chi connectivity index (χ4n) is 4.32. The molecule has 1 saturated heterocycles. The molecule has 4 heterocycles. The Morgan fingerprint density at radius 3 is 2.73 bits per heavy atom. The summed E-state index contributed by atoms with van der Waals surface area (Å²) < 4.78 is 7.40. The molecule has 11 nitrogen and oxygen atoms in total. The molecule has 11 heteroatoms. The first-order valence-electron chi connectivity index (χ1n) is 11.9. The van der Waals surface area contributed by atoms with Crippen LogP contribution >= 0.6 is 0 Å². The molecule has 0 saturated carbocycles. The largest absolute Gasteiger partial charge is 0.495 e. The van der Waals surface area contributed by atoms with Crippen molar-refractivity contribution in [2.75, 3.05) is 25.5 Å². The number of piperidine rings is 1. The predicted octanol–water partition coefficient (Wildman–Crippen LogP) is 3.34. The highest BCUT2D eigenvalue weighted by Gasteiger charge is 2.24. The van der Waals surface area contributed by atoms with Gasteiger partial charge in [-0.15, -0.1) is 5.10 Å². The van der Waals surface area contributed by atoms with Crippen LogP contribution in [0.4, 0.5) is 5.69 Å². The fraction of sp³-hybridized carbons (Fsp3) is 0.231. The van der Waals surface area contributed by atoms with Crippen molar-refractivity contribution in [3.8, 4) is 28.4 Å². The molecule has 5 rings (SSSR count). The molecule has 188 valence electrons. The lowest BCUT2D eigenvalue weighted by Gasteiger charge is -2.31. The van der Waals surface area contributed by atoms with Crippen LogP contribution in [0, 0.1) is 0 Å². The summed E-state index contributed by atoms with van der Waals surface area (Å²) in [5.41, 5.74) is 3.61. The number of aromatic amines is 1. The van der Waals surface area contributed by atoms with E-state index in [9.17, 15) is 9.59 Å². The lowest BCUT2D eigenvalue weighted by atomic mass is 10.1. The average Bonchev–Trinajstić information content (AvgIpc) is 3.66. The van der Waals surface area contributed by atoms with Crippen molar-refractivity contribution >= 4 is 17.5 Å². The number of hydrogen-bond donors (Lipinski definition) is 2. The zero-order valence-electron chi connectivity index (χ0n) is 20.3. The highest BCUT2D eigenvalue weighted by molar-refractivity contribution is 6.04. The SMILES string of the molecule is C=CC(=O)N1CCC(n2cc(-c3ccc(NC(=O)c4cccc(-c5ccn[nH]5)n4)c(OC)c3)nn2)CC1. The third-order valence-electron chi connectivity index (χ3n) is 6.34. The van der Waals surface area contributed by atoms with E-state index in [2.05, 4.69) is 37.4 Å². The van der Waals surface area contributed by atoms with Gasteiger partial charge in [-0.1, -0.05) is 23.9 Å². The van der Waals surface area contributed by atoms with Crippen LogP contribution in [0.2, 0.25) is 0 Å². The van der Waals surface area contributed by atoms with Gasteiger partial charge in [0.25, 0.3) is 5.91 Å². The Hall–Kier alpha value is -4.80. The van der Waals surface area contributed by atoms with E-state index in [0.717, 1.165) is 24.1 Å². The maximum Gasteiger partial charge on any atom is 0.274 e. The van der Waals surface area contributed by atoms with Crippen LogP contribution in [0.1, 0.15) is 29.4 Å². The monoisotopic (exact) mass is 498 g/mol. The second-order valence-electron chi connectivity index (χ2n) is 8.59. The van der Waals surface area contributed by atoms with E-state index in [-0.39, 0.29) is 23.6 Å². The summed E-state index contributed by atoms with van der Waals surface area (Å²) in [6.07, 6.45) is 6.47. The number of H-pyrrole nitrogens is 1. The number of carbonyl (C=O) groups is 2. The molecular weight excluding hydrogens is 472 g/mol. The van der Waals surface area contributed by atoms with E-state index in [1.54, 1.807) is 48.5 Å². The molecule has 1 aromatic carbocycles.